The van der Waals surface area contributed by atoms with Crippen molar-refractivity contribution in [2.45, 2.75) is 90.9 Å². The predicted molar refractivity (Wildman–Crippen MR) is 96.0 cm³/mol. The van der Waals surface area contributed by atoms with E-state index in [2.05, 4.69) is 31.2 Å². The van der Waals surface area contributed by atoms with E-state index in [-0.39, 0.29) is 5.97 Å². The molecular formula is C20H36O2. The van der Waals surface area contributed by atoms with Crippen molar-refractivity contribution in [1.82, 2.24) is 0 Å². The quantitative estimate of drug-likeness (QED) is 0.200. The van der Waals surface area contributed by atoms with E-state index in [1.54, 1.807) is 0 Å². The van der Waals surface area contributed by atoms with Crippen LogP contribution in [0.25, 0.3) is 0 Å². The molecule has 0 spiro atoms. The summed E-state index contributed by atoms with van der Waals surface area (Å²) in [6, 6.07) is 0. The van der Waals surface area contributed by atoms with Gasteiger partial charge in [-0.25, -0.2) is 0 Å². The fourth-order valence-electron chi connectivity index (χ4n) is 2.31. The summed E-state index contributed by atoms with van der Waals surface area (Å²) in [7, 11) is 0. The second kappa shape index (κ2) is 18.0. The molecule has 0 aromatic heterocycles. The topological polar surface area (TPSA) is 26.3 Å². The van der Waals surface area contributed by atoms with Crippen molar-refractivity contribution < 1.29 is 9.53 Å². The minimum absolute atomic E-state index is 0.0520. The van der Waals surface area contributed by atoms with Crippen LogP contribution in [-0.2, 0) is 9.53 Å². The predicted octanol–water partition coefficient (Wildman–Crippen LogP) is 6.36. The molecule has 0 fully saturated rings. The van der Waals surface area contributed by atoms with Gasteiger partial charge in [-0.05, 0) is 45.4 Å². The van der Waals surface area contributed by atoms with E-state index >= 15 is 0 Å². The smallest absolute Gasteiger partial charge is 0.305 e. The van der Waals surface area contributed by atoms with Crippen molar-refractivity contribution in [1.29, 1.82) is 0 Å². The molecule has 0 saturated carbocycles. The summed E-state index contributed by atoms with van der Waals surface area (Å²) in [4.78, 5) is 11.1. The SMILES string of the molecule is CCCCCC/C=C/C/C=C/CCCCCCC(=O)OCC. The largest absolute Gasteiger partial charge is 0.466 e. The molecule has 0 aliphatic heterocycles. The van der Waals surface area contributed by atoms with Gasteiger partial charge in [0.05, 0.1) is 6.61 Å². The molecule has 0 amide bonds. The number of carbonyl (C=O) groups is 1. The molecule has 22 heavy (non-hydrogen) atoms. The molecule has 0 radical (unpaired) electrons. The second-order valence-corrected chi connectivity index (χ2v) is 5.79. The Morgan fingerprint density at radius 3 is 1.95 bits per heavy atom. The molecule has 0 aliphatic rings. The number of hydrogen-bond donors (Lipinski definition) is 0. The maximum absolute atomic E-state index is 11.1. The average molecular weight is 309 g/mol. The Morgan fingerprint density at radius 2 is 1.36 bits per heavy atom. The Hall–Kier alpha value is -1.05. The zero-order chi connectivity index (χ0) is 16.3. The fraction of sp³-hybridized carbons (Fsp3) is 0.750. The molecule has 2 nitrogen and oxygen atoms in total. The Balaban J connectivity index is 3.23. The van der Waals surface area contributed by atoms with Crippen molar-refractivity contribution in [2.24, 2.45) is 0 Å². The fourth-order valence-corrected chi connectivity index (χ4v) is 2.31. The third kappa shape index (κ3) is 17.0. The number of allylic oxidation sites excluding steroid dienone is 4. The van der Waals surface area contributed by atoms with Gasteiger partial charge >= 0.3 is 5.97 Å². The normalized spacial score (nSPS) is 11.5. The van der Waals surface area contributed by atoms with Gasteiger partial charge in [0, 0.05) is 6.42 Å². The Morgan fingerprint density at radius 1 is 0.773 bits per heavy atom. The van der Waals surface area contributed by atoms with E-state index in [9.17, 15) is 4.79 Å². The number of carbonyl (C=O) groups excluding carboxylic acids is 1. The van der Waals surface area contributed by atoms with Gasteiger partial charge in [-0.2, -0.15) is 0 Å². The van der Waals surface area contributed by atoms with Crippen LogP contribution in [0.2, 0.25) is 0 Å². The third-order valence-electron chi connectivity index (χ3n) is 3.64. The molecule has 0 aromatic rings. The van der Waals surface area contributed by atoms with Crippen LogP contribution in [0, 0.1) is 0 Å². The highest BCUT2D eigenvalue weighted by Gasteiger charge is 1.99. The van der Waals surface area contributed by atoms with Gasteiger partial charge in [-0.3, -0.25) is 4.79 Å². The highest BCUT2D eigenvalue weighted by Crippen LogP contribution is 2.07. The lowest BCUT2D eigenvalue weighted by Gasteiger charge is -2.01. The molecule has 0 heterocycles. The van der Waals surface area contributed by atoms with Crippen LogP contribution >= 0.6 is 0 Å². The van der Waals surface area contributed by atoms with Gasteiger partial charge < -0.3 is 4.74 Å². The van der Waals surface area contributed by atoms with Crippen LogP contribution in [0.15, 0.2) is 24.3 Å². The van der Waals surface area contributed by atoms with Crippen molar-refractivity contribution >= 4 is 5.97 Å². The highest BCUT2D eigenvalue weighted by molar-refractivity contribution is 5.69. The van der Waals surface area contributed by atoms with Gasteiger partial charge in [0.2, 0.25) is 0 Å². The maximum Gasteiger partial charge on any atom is 0.305 e. The van der Waals surface area contributed by atoms with Gasteiger partial charge in [0.1, 0.15) is 0 Å². The van der Waals surface area contributed by atoms with Crippen LogP contribution in [0.1, 0.15) is 90.9 Å². The van der Waals surface area contributed by atoms with Crippen LogP contribution in [0.3, 0.4) is 0 Å². The first kappa shape index (κ1) is 20.9. The van der Waals surface area contributed by atoms with E-state index in [4.69, 9.17) is 4.74 Å². The molecule has 0 bridgehead atoms. The van der Waals surface area contributed by atoms with Crippen molar-refractivity contribution in [3.8, 4) is 0 Å². The van der Waals surface area contributed by atoms with Crippen LogP contribution in [-0.4, -0.2) is 12.6 Å². The molecule has 0 unspecified atom stereocenters. The third-order valence-corrected chi connectivity index (χ3v) is 3.64. The van der Waals surface area contributed by atoms with Gasteiger partial charge in [0.25, 0.3) is 0 Å². The lowest BCUT2D eigenvalue weighted by atomic mass is 10.1. The molecule has 2 heteroatoms. The lowest BCUT2D eigenvalue weighted by molar-refractivity contribution is -0.143. The van der Waals surface area contributed by atoms with Crippen LogP contribution < -0.4 is 0 Å². The van der Waals surface area contributed by atoms with Gasteiger partial charge in [0.15, 0.2) is 0 Å². The number of rotatable bonds is 15. The minimum atomic E-state index is -0.0520. The summed E-state index contributed by atoms with van der Waals surface area (Å²) < 4.78 is 4.90. The zero-order valence-electron chi connectivity index (χ0n) is 14.8. The lowest BCUT2D eigenvalue weighted by Crippen LogP contribution is -2.02. The minimum Gasteiger partial charge on any atom is -0.466 e. The van der Waals surface area contributed by atoms with E-state index in [1.807, 2.05) is 6.92 Å². The molecule has 0 saturated heterocycles. The van der Waals surface area contributed by atoms with Crippen LogP contribution in [0.4, 0.5) is 0 Å². The number of ether oxygens (including phenoxy) is 1. The first-order chi connectivity index (χ1) is 10.8. The first-order valence-corrected chi connectivity index (χ1v) is 9.26. The summed E-state index contributed by atoms with van der Waals surface area (Å²) >= 11 is 0. The summed E-state index contributed by atoms with van der Waals surface area (Å²) in [5, 5.41) is 0. The monoisotopic (exact) mass is 308 g/mol. The Kier molecular flexibility index (Phi) is 17.1. The molecule has 0 atom stereocenters. The first-order valence-electron chi connectivity index (χ1n) is 9.26. The van der Waals surface area contributed by atoms with Crippen LogP contribution in [0.5, 0.6) is 0 Å². The highest BCUT2D eigenvalue weighted by atomic mass is 16.5. The van der Waals surface area contributed by atoms with Crippen molar-refractivity contribution in [2.75, 3.05) is 6.61 Å². The van der Waals surface area contributed by atoms with Gasteiger partial charge in [-0.1, -0.05) is 63.3 Å². The average Bonchev–Trinajstić information content (AvgIpc) is 2.51. The van der Waals surface area contributed by atoms with E-state index in [0.717, 1.165) is 25.7 Å². The van der Waals surface area contributed by atoms with E-state index in [0.29, 0.717) is 13.0 Å². The summed E-state index contributed by atoms with van der Waals surface area (Å²) in [5.41, 5.74) is 0. The Labute approximate surface area is 138 Å². The standard InChI is InChI=1S/C20H36O2/c1-3-5-6-7-8-9-10-11-12-13-14-15-16-17-18-19-20(21)22-4-2/h9-10,12-13H,3-8,11,14-19H2,1-2H3/b10-9+,13-12+. The second-order valence-electron chi connectivity index (χ2n) is 5.79. The number of hydrogen-bond acceptors (Lipinski definition) is 2. The summed E-state index contributed by atoms with van der Waals surface area (Å²) in [6.45, 7) is 4.60. The van der Waals surface area contributed by atoms with Gasteiger partial charge in [-0.15, -0.1) is 0 Å². The molecule has 0 N–H and O–H groups in total. The Bertz CT molecular complexity index is 292. The number of unbranched alkanes of at least 4 members (excludes halogenated alkanes) is 8. The van der Waals surface area contributed by atoms with Crippen molar-refractivity contribution in [3.63, 3.8) is 0 Å². The van der Waals surface area contributed by atoms with Crippen molar-refractivity contribution in [3.05, 3.63) is 24.3 Å². The molecule has 0 aromatic carbocycles. The maximum atomic E-state index is 11.1. The molecular weight excluding hydrogens is 272 g/mol. The molecule has 0 rings (SSSR count). The summed E-state index contributed by atoms with van der Waals surface area (Å²) in [6.07, 6.45) is 23.1. The molecule has 0 aliphatic carbocycles. The number of esters is 1. The molecule has 128 valence electrons. The van der Waals surface area contributed by atoms with E-state index in [1.165, 1.54) is 44.9 Å². The zero-order valence-corrected chi connectivity index (χ0v) is 14.8. The summed E-state index contributed by atoms with van der Waals surface area (Å²) in [5.74, 6) is -0.0520. The van der Waals surface area contributed by atoms with E-state index < -0.39 is 0 Å².